The van der Waals surface area contributed by atoms with Crippen molar-refractivity contribution in [3.05, 3.63) is 0 Å². The first-order chi connectivity index (χ1) is 7.88. The van der Waals surface area contributed by atoms with Gasteiger partial charge in [0, 0.05) is 32.3 Å². The zero-order valence-electron chi connectivity index (χ0n) is 9.82. The number of ether oxygens (including phenoxy) is 1. The minimum absolute atomic E-state index is 0.0386. The molecule has 2 aliphatic rings. The Morgan fingerprint density at radius 1 is 1.38 bits per heavy atom. The van der Waals surface area contributed by atoms with Crippen LogP contribution in [0.1, 0.15) is 25.7 Å². The van der Waals surface area contributed by atoms with Crippen molar-refractivity contribution in [2.75, 3.05) is 32.8 Å². The number of nitrogens with one attached hydrogen (secondary N) is 1. The lowest BCUT2D eigenvalue weighted by Gasteiger charge is -2.20. The van der Waals surface area contributed by atoms with Crippen molar-refractivity contribution < 1.29 is 4.74 Å². The second-order valence-electron chi connectivity index (χ2n) is 4.72. The molecule has 1 saturated heterocycles. The molecule has 2 fully saturated rings. The van der Waals surface area contributed by atoms with Gasteiger partial charge in [0.05, 0.1) is 18.7 Å². The highest BCUT2D eigenvalue weighted by atomic mass is 16.5. The van der Waals surface area contributed by atoms with Gasteiger partial charge in [-0.2, -0.15) is 5.26 Å². The van der Waals surface area contributed by atoms with Gasteiger partial charge in [-0.05, 0) is 25.7 Å². The van der Waals surface area contributed by atoms with Crippen molar-refractivity contribution in [1.29, 1.82) is 5.26 Å². The molecule has 1 aliphatic heterocycles. The Hall–Kier alpha value is -0.630. The lowest BCUT2D eigenvalue weighted by atomic mass is 10.2. The first-order valence-corrected chi connectivity index (χ1v) is 6.34. The average Bonchev–Trinajstić information content (AvgIpc) is 3.11. The maximum Gasteiger partial charge on any atom is 0.0967 e. The standard InChI is InChI=1S/C12H21N3O/c13-10-12(14-11-2-3-11)4-6-15-5-1-8-16-9-7-15/h11-12,14H,1-9H2. The SMILES string of the molecule is N#CC(CCN1CCCOCC1)NC1CC1. The summed E-state index contributed by atoms with van der Waals surface area (Å²) in [7, 11) is 0. The lowest BCUT2D eigenvalue weighted by molar-refractivity contribution is 0.141. The van der Waals surface area contributed by atoms with Crippen molar-refractivity contribution in [3.8, 4) is 6.07 Å². The fourth-order valence-electron chi connectivity index (χ4n) is 2.05. The summed E-state index contributed by atoms with van der Waals surface area (Å²) in [5.74, 6) is 0. The molecule has 0 amide bonds. The first-order valence-electron chi connectivity index (χ1n) is 6.34. The minimum atomic E-state index is 0.0386. The Labute approximate surface area is 97.6 Å². The van der Waals surface area contributed by atoms with Gasteiger partial charge in [-0.15, -0.1) is 0 Å². The zero-order valence-corrected chi connectivity index (χ0v) is 9.82. The fourth-order valence-corrected chi connectivity index (χ4v) is 2.05. The van der Waals surface area contributed by atoms with Crippen LogP contribution in [0.15, 0.2) is 0 Å². The molecule has 1 N–H and O–H groups in total. The molecule has 16 heavy (non-hydrogen) atoms. The Balaban J connectivity index is 1.65. The van der Waals surface area contributed by atoms with E-state index in [1.165, 1.54) is 12.8 Å². The van der Waals surface area contributed by atoms with E-state index < -0.39 is 0 Å². The highest BCUT2D eigenvalue weighted by molar-refractivity contribution is 4.96. The molecule has 0 aromatic rings. The van der Waals surface area contributed by atoms with Crippen molar-refractivity contribution in [1.82, 2.24) is 10.2 Å². The Morgan fingerprint density at radius 3 is 3.00 bits per heavy atom. The highest BCUT2D eigenvalue weighted by Crippen LogP contribution is 2.19. The maximum absolute atomic E-state index is 9.03. The molecule has 1 aliphatic carbocycles. The third-order valence-electron chi connectivity index (χ3n) is 3.22. The first kappa shape index (κ1) is 11.8. The predicted molar refractivity (Wildman–Crippen MR) is 62.1 cm³/mol. The van der Waals surface area contributed by atoms with Gasteiger partial charge in [-0.25, -0.2) is 0 Å². The number of rotatable bonds is 5. The van der Waals surface area contributed by atoms with Crippen LogP contribution >= 0.6 is 0 Å². The van der Waals surface area contributed by atoms with Gasteiger partial charge in [0.1, 0.15) is 0 Å². The average molecular weight is 223 g/mol. The molecule has 4 heteroatoms. The monoisotopic (exact) mass is 223 g/mol. The van der Waals surface area contributed by atoms with Crippen molar-refractivity contribution >= 4 is 0 Å². The van der Waals surface area contributed by atoms with Gasteiger partial charge in [0.15, 0.2) is 0 Å². The van der Waals surface area contributed by atoms with E-state index in [4.69, 9.17) is 10.00 Å². The molecule has 4 nitrogen and oxygen atoms in total. The third-order valence-corrected chi connectivity index (χ3v) is 3.22. The summed E-state index contributed by atoms with van der Waals surface area (Å²) in [5.41, 5.74) is 0. The minimum Gasteiger partial charge on any atom is -0.380 e. The van der Waals surface area contributed by atoms with E-state index in [-0.39, 0.29) is 6.04 Å². The second kappa shape index (κ2) is 6.19. The van der Waals surface area contributed by atoms with Crippen LogP contribution in [-0.4, -0.2) is 49.8 Å². The van der Waals surface area contributed by atoms with Gasteiger partial charge < -0.3 is 9.64 Å². The molecule has 90 valence electrons. The number of nitriles is 1. The van der Waals surface area contributed by atoms with Crippen molar-refractivity contribution in [2.24, 2.45) is 0 Å². The smallest absolute Gasteiger partial charge is 0.0967 e. The highest BCUT2D eigenvalue weighted by Gasteiger charge is 2.24. The van der Waals surface area contributed by atoms with Crippen LogP contribution in [0.25, 0.3) is 0 Å². The number of hydrogen-bond acceptors (Lipinski definition) is 4. The Morgan fingerprint density at radius 2 is 2.25 bits per heavy atom. The van der Waals surface area contributed by atoms with E-state index in [1.807, 2.05) is 0 Å². The predicted octanol–water partition coefficient (Wildman–Crippen LogP) is 0.743. The van der Waals surface area contributed by atoms with Crippen LogP contribution < -0.4 is 5.32 Å². The third kappa shape index (κ3) is 4.09. The molecule has 1 unspecified atom stereocenters. The molecular weight excluding hydrogens is 202 g/mol. The molecule has 2 rings (SSSR count). The van der Waals surface area contributed by atoms with Crippen LogP contribution in [0, 0.1) is 11.3 Å². The van der Waals surface area contributed by atoms with E-state index in [0.717, 1.165) is 45.7 Å². The Kier molecular flexibility index (Phi) is 4.58. The van der Waals surface area contributed by atoms with Gasteiger partial charge in [0.2, 0.25) is 0 Å². The molecule has 0 spiro atoms. The molecule has 1 saturated carbocycles. The van der Waals surface area contributed by atoms with E-state index in [0.29, 0.717) is 6.04 Å². The summed E-state index contributed by atoms with van der Waals surface area (Å²) < 4.78 is 5.41. The largest absolute Gasteiger partial charge is 0.380 e. The lowest BCUT2D eigenvalue weighted by Crippen LogP contribution is -2.35. The van der Waals surface area contributed by atoms with E-state index in [1.54, 1.807) is 0 Å². The van der Waals surface area contributed by atoms with Crippen molar-refractivity contribution in [3.63, 3.8) is 0 Å². The van der Waals surface area contributed by atoms with E-state index >= 15 is 0 Å². The number of hydrogen-bond donors (Lipinski definition) is 1. The summed E-state index contributed by atoms with van der Waals surface area (Å²) in [6.07, 6.45) is 4.55. The molecule has 1 heterocycles. The molecule has 0 aromatic heterocycles. The van der Waals surface area contributed by atoms with Crippen LogP contribution in [-0.2, 0) is 4.74 Å². The molecule has 0 radical (unpaired) electrons. The summed E-state index contributed by atoms with van der Waals surface area (Å²) >= 11 is 0. The van der Waals surface area contributed by atoms with E-state index in [2.05, 4.69) is 16.3 Å². The quantitative estimate of drug-likeness (QED) is 0.747. The maximum atomic E-state index is 9.03. The van der Waals surface area contributed by atoms with Gasteiger partial charge in [-0.1, -0.05) is 0 Å². The van der Waals surface area contributed by atoms with Gasteiger partial charge >= 0.3 is 0 Å². The van der Waals surface area contributed by atoms with Crippen LogP contribution in [0.3, 0.4) is 0 Å². The van der Waals surface area contributed by atoms with Crippen LogP contribution in [0.5, 0.6) is 0 Å². The summed E-state index contributed by atoms with van der Waals surface area (Å²) in [4.78, 5) is 2.41. The summed E-state index contributed by atoms with van der Waals surface area (Å²) in [5, 5.41) is 12.4. The topological polar surface area (TPSA) is 48.3 Å². The zero-order chi connectivity index (χ0) is 11.2. The molecule has 1 atom stereocenters. The fraction of sp³-hybridized carbons (Fsp3) is 0.917. The summed E-state index contributed by atoms with van der Waals surface area (Å²) in [6, 6.07) is 3.02. The number of nitrogens with zero attached hydrogens (tertiary/aromatic N) is 2. The molecular formula is C12H21N3O. The van der Waals surface area contributed by atoms with Crippen LogP contribution in [0.4, 0.5) is 0 Å². The molecule has 0 bridgehead atoms. The van der Waals surface area contributed by atoms with Crippen LogP contribution in [0.2, 0.25) is 0 Å². The Bertz CT molecular complexity index is 239. The molecule has 0 aromatic carbocycles. The van der Waals surface area contributed by atoms with E-state index in [9.17, 15) is 0 Å². The summed E-state index contributed by atoms with van der Waals surface area (Å²) in [6.45, 7) is 4.87. The normalized spacial score (nSPS) is 24.7. The second-order valence-corrected chi connectivity index (χ2v) is 4.72. The van der Waals surface area contributed by atoms with Gasteiger partial charge in [0.25, 0.3) is 0 Å². The van der Waals surface area contributed by atoms with Crippen molar-refractivity contribution in [2.45, 2.75) is 37.8 Å². The van der Waals surface area contributed by atoms with Gasteiger partial charge in [-0.3, -0.25) is 5.32 Å².